The maximum Gasteiger partial charge on any atom is 0.243 e. The molecule has 152 valence electrons. The highest BCUT2D eigenvalue weighted by atomic mass is 32.2. The zero-order chi connectivity index (χ0) is 20.4. The number of rotatable bonds is 5. The van der Waals surface area contributed by atoms with Crippen molar-refractivity contribution in [3.63, 3.8) is 0 Å². The molecule has 0 unspecified atom stereocenters. The molecule has 1 atom stereocenters. The van der Waals surface area contributed by atoms with Gasteiger partial charge in [0, 0.05) is 31.0 Å². The van der Waals surface area contributed by atoms with Crippen LogP contribution in [0.2, 0.25) is 0 Å². The molecule has 0 spiro atoms. The molecular formula is C21H24N4O3S. The van der Waals surface area contributed by atoms with Crippen molar-refractivity contribution in [2.24, 2.45) is 0 Å². The fourth-order valence-electron chi connectivity index (χ4n) is 3.56. The van der Waals surface area contributed by atoms with Crippen molar-refractivity contribution in [2.45, 2.75) is 43.4 Å². The molecule has 3 aromatic rings. The van der Waals surface area contributed by atoms with E-state index in [1.54, 1.807) is 24.5 Å². The first-order valence-electron chi connectivity index (χ1n) is 9.79. The molecular weight excluding hydrogens is 388 g/mol. The van der Waals surface area contributed by atoms with Gasteiger partial charge in [-0.3, -0.25) is 4.98 Å². The largest absolute Gasteiger partial charge is 0.339 e. The summed E-state index contributed by atoms with van der Waals surface area (Å²) in [5.74, 6) is 1.22. The van der Waals surface area contributed by atoms with E-state index in [1.165, 1.54) is 4.31 Å². The maximum atomic E-state index is 13.1. The molecule has 1 aromatic carbocycles. The molecule has 0 aliphatic carbocycles. The number of sulfonamides is 1. The molecule has 4 rings (SSSR count). The van der Waals surface area contributed by atoms with Crippen LogP contribution in [0.5, 0.6) is 0 Å². The Morgan fingerprint density at radius 2 is 1.83 bits per heavy atom. The van der Waals surface area contributed by atoms with Crippen LogP contribution in [0.3, 0.4) is 0 Å². The topological polar surface area (TPSA) is 89.2 Å². The lowest BCUT2D eigenvalue weighted by Crippen LogP contribution is -2.39. The second kappa shape index (κ2) is 8.04. The number of piperidine rings is 1. The van der Waals surface area contributed by atoms with Crippen LogP contribution in [-0.2, 0) is 10.0 Å². The monoisotopic (exact) mass is 412 g/mol. The SMILES string of the molecule is CC(C)c1ccc(S(=O)(=O)N2CCC[C@@H](c3nc(-c4ccncc4)no3)C2)cc1. The second-order valence-corrected chi connectivity index (χ2v) is 9.56. The lowest BCUT2D eigenvalue weighted by molar-refractivity contribution is 0.265. The molecule has 3 heterocycles. The van der Waals surface area contributed by atoms with Crippen LogP contribution in [0.15, 0.2) is 58.2 Å². The Labute approximate surface area is 170 Å². The van der Waals surface area contributed by atoms with Gasteiger partial charge in [0.05, 0.1) is 10.8 Å². The van der Waals surface area contributed by atoms with E-state index in [9.17, 15) is 8.42 Å². The van der Waals surface area contributed by atoms with Crippen LogP contribution in [-0.4, -0.2) is 40.9 Å². The summed E-state index contributed by atoms with van der Waals surface area (Å²) in [7, 11) is -3.56. The third-order valence-corrected chi connectivity index (χ3v) is 7.18. The summed E-state index contributed by atoms with van der Waals surface area (Å²) in [5.41, 5.74) is 1.94. The fraction of sp³-hybridized carbons (Fsp3) is 0.381. The molecule has 0 N–H and O–H groups in total. The third-order valence-electron chi connectivity index (χ3n) is 5.30. The van der Waals surface area contributed by atoms with Crippen LogP contribution in [0.25, 0.3) is 11.4 Å². The van der Waals surface area contributed by atoms with Gasteiger partial charge in [-0.15, -0.1) is 0 Å². The number of nitrogens with zero attached hydrogens (tertiary/aromatic N) is 4. The van der Waals surface area contributed by atoms with Gasteiger partial charge in [-0.05, 0) is 48.6 Å². The van der Waals surface area contributed by atoms with Gasteiger partial charge in [0.25, 0.3) is 0 Å². The Morgan fingerprint density at radius 3 is 2.52 bits per heavy atom. The van der Waals surface area contributed by atoms with Crippen molar-refractivity contribution in [2.75, 3.05) is 13.1 Å². The van der Waals surface area contributed by atoms with Gasteiger partial charge in [-0.25, -0.2) is 8.42 Å². The van der Waals surface area contributed by atoms with Crippen molar-refractivity contribution >= 4 is 10.0 Å². The van der Waals surface area contributed by atoms with Crippen LogP contribution in [0, 0.1) is 0 Å². The highest BCUT2D eigenvalue weighted by Gasteiger charge is 2.33. The van der Waals surface area contributed by atoms with Gasteiger partial charge in [-0.2, -0.15) is 9.29 Å². The average molecular weight is 413 g/mol. The molecule has 1 aliphatic rings. The van der Waals surface area contributed by atoms with E-state index in [1.807, 2.05) is 24.3 Å². The molecule has 1 saturated heterocycles. The van der Waals surface area contributed by atoms with E-state index in [-0.39, 0.29) is 5.92 Å². The molecule has 0 amide bonds. The van der Waals surface area contributed by atoms with Crippen molar-refractivity contribution in [1.82, 2.24) is 19.4 Å². The zero-order valence-corrected chi connectivity index (χ0v) is 17.3. The van der Waals surface area contributed by atoms with Gasteiger partial charge in [-0.1, -0.05) is 31.1 Å². The minimum absolute atomic E-state index is 0.114. The summed E-state index contributed by atoms with van der Waals surface area (Å²) in [5, 5.41) is 4.05. The summed E-state index contributed by atoms with van der Waals surface area (Å²) < 4.78 is 33.2. The standard InChI is InChI=1S/C21H24N4O3S/c1-15(2)16-5-7-19(8-6-16)29(26,27)25-13-3-4-18(14-25)21-23-20(24-28-21)17-9-11-22-12-10-17/h5-12,15,18H,3-4,13-14H2,1-2H3/t18-/m1/s1. The van der Waals surface area contributed by atoms with Gasteiger partial charge in [0.2, 0.25) is 21.7 Å². The first kappa shape index (κ1) is 19.7. The lowest BCUT2D eigenvalue weighted by Gasteiger charge is -2.30. The van der Waals surface area contributed by atoms with Crippen LogP contribution >= 0.6 is 0 Å². The van der Waals surface area contributed by atoms with Gasteiger partial charge < -0.3 is 4.52 Å². The fourth-order valence-corrected chi connectivity index (χ4v) is 5.08. The first-order valence-corrected chi connectivity index (χ1v) is 11.2. The molecule has 7 nitrogen and oxygen atoms in total. The van der Waals surface area contributed by atoms with E-state index in [4.69, 9.17) is 4.52 Å². The Morgan fingerprint density at radius 1 is 1.10 bits per heavy atom. The minimum atomic E-state index is -3.56. The quantitative estimate of drug-likeness (QED) is 0.633. The van der Waals surface area contributed by atoms with E-state index in [0.29, 0.717) is 35.6 Å². The van der Waals surface area contributed by atoms with Gasteiger partial charge >= 0.3 is 0 Å². The molecule has 1 aliphatic heterocycles. The van der Waals surface area contributed by atoms with Gasteiger partial charge in [0.15, 0.2) is 0 Å². The van der Waals surface area contributed by atoms with Crippen LogP contribution in [0.4, 0.5) is 0 Å². The number of hydrogen-bond acceptors (Lipinski definition) is 6. The van der Waals surface area contributed by atoms with E-state index in [0.717, 1.165) is 24.0 Å². The normalized spacial score (nSPS) is 18.2. The molecule has 0 saturated carbocycles. The van der Waals surface area contributed by atoms with E-state index in [2.05, 4.69) is 29.0 Å². The van der Waals surface area contributed by atoms with Crippen molar-refractivity contribution in [3.8, 4) is 11.4 Å². The smallest absolute Gasteiger partial charge is 0.243 e. The van der Waals surface area contributed by atoms with Crippen molar-refractivity contribution in [1.29, 1.82) is 0 Å². The molecule has 0 radical (unpaired) electrons. The Balaban J connectivity index is 1.53. The maximum absolute atomic E-state index is 13.1. The molecule has 2 aromatic heterocycles. The number of hydrogen-bond donors (Lipinski definition) is 0. The summed E-state index contributed by atoms with van der Waals surface area (Å²) in [6, 6.07) is 10.8. The van der Waals surface area contributed by atoms with Crippen LogP contribution in [0.1, 0.15) is 50.0 Å². The Bertz CT molecular complexity index is 1060. The predicted octanol–water partition coefficient (Wildman–Crippen LogP) is 3.82. The number of benzene rings is 1. The summed E-state index contributed by atoms with van der Waals surface area (Å²) in [6.45, 7) is 5.01. The summed E-state index contributed by atoms with van der Waals surface area (Å²) >= 11 is 0. The van der Waals surface area contributed by atoms with E-state index < -0.39 is 10.0 Å². The number of pyridine rings is 1. The minimum Gasteiger partial charge on any atom is -0.339 e. The molecule has 1 fully saturated rings. The van der Waals surface area contributed by atoms with Crippen molar-refractivity contribution in [3.05, 3.63) is 60.2 Å². The summed E-state index contributed by atoms with van der Waals surface area (Å²) in [4.78, 5) is 8.81. The first-order chi connectivity index (χ1) is 13.9. The average Bonchev–Trinajstić information content (AvgIpc) is 3.25. The Kier molecular flexibility index (Phi) is 5.47. The van der Waals surface area contributed by atoms with Crippen LogP contribution < -0.4 is 0 Å². The predicted molar refractivity (Wildman–Crippen MR) is 109 cm³/mol. The summed E-state index contributed by atoms with van der Waals surface area (Å²) in [6.07, 6.45) is 4.91. The Hall–Kier alpha value is -2.58. The zero-order valence-electron chi connectivity index (χ0n) is 16.5. The molecule has 8 heteroatoms. The number of aromatic nitrogens is 3. The van der Waals surface area contributed by atoms with Crippen molar-refractivity contribution < 1.29 is 12.9 Å². The third kappa shape index (κ3) is 4.09. The lowest BCUT2D eigenvalue weighted by atomic mass is 10.00. The highest BCUT2D eigenvalue weighted by molar-refractivity contribution is 7.89. The second-order valence-electron chi connectivity index (χ2n) is 7.62. The molecule has 0 bridgehead atoms. The highest BCUT2D eigenvalue weighted by Crippen LogP contribution is 2.31. The molecule has 29 heavy (non-hydrogen) atoms. The van der Waals surface area contributed by atoms with E-state index >= 15 is 0 Å². The van der Waals surface area contributed by atoms with Gasteiger partial charge in [0.1, 0.15) is 0 Å².